The van der Waals surface area contributed by atoms with Gasteiger partial charge in [0.25, 0.3) is 6.29 Å². The van der Waals surface area contributed by atoms with Crippen molar-refractivity contribution in [2.75, 3.05) is 4.90 Å². The first kappa shape index (κ1) is 26.0. The Bertz CT molecular complexity index is 1220. The number of aryl methyl sites for hydroxylation is 1. The van der Waals surface area contributed by atoms with Crippen LogP contribution in [0.15, 0.2) is 36.5 Å². The van der Waals surface area contributed by atoms with Crippen molar-refractivity contribution in [3.63, 3.8) is 0 Å². The highest BCUT2D eigenvalue weighted by molar-refractivity contribution is 5.91. The first-order valence-electron chi connectivity index (χ1n) is 10.6. The van der Waals surface area contributed by atoms with E-state index in [0.717, 1.165) is 0 Å². The van der Waals surface area contributed by atoms with Crippen molar-refractivity contribution in [1.29, 1.82) is 0 Å². The second kappa shape index (κ2) is 10.3. The van der Waals surface area contributed by atoms with Gasteiger partial charge in [0.2, 0.25) is 0 Å². The maximum Gasteiger partial charge on any atom is 0.417 e. The molecule has 11 nitrogen and oxygen atoms in total. The molecule has 1 aliphatic rings. The Morgan fingerprint density at radius 2 is 2.00 bits per heavy atom. The molecule has 2 aromatic heterocycles. The molecular formula is C22H25ClFN7O4. The largest absolute Gasteiger partial charge is 0.422 e. The molecule has 1 saturated heterocycles. The number of aromatic nitrogens is 5. The van der Waals surface area contributed by atoms with Crippen LogP contribution in [0.1, 0.15) is 20.8 Å². The Kier molecular flexibility index (Phi) is 7.66. The van der Waals surface area contributed by atoms with E-state index in [9.17, 15) is 9.59 Å². The summed E-state index contributed by atoms with van der Waals surface area (Å²) < 4.78 is 27.0. The number of amides is 1. The first-order chi connectivity index (χ1) is 16.2. The number of cyclic esters (lactones) is 1. The van der Waals surface area contributed by atoms with Crippen LogP contribution in [-0.4, -0.2) is 55.6 Å². The van der Waals surface area contributed by atoms with Gasteiger partial charge >= 0.3 is 12.1 Å². The van der Waals surface area contributed by atoms with Gasteiger partial charge in [0.05, 0.1) is 5.69 Å². The molecule has 13 heteroatoms. The number of anilines is 1. The summed E-state index contributed by atoms with van der Waals surface area (Å²) in [6.07, 6.45) is -0.388. The third-order valence-electron chi connectivity index (χ3n) is 5.59. The van der Waals surface area contributed by atoms with Crippen LogP contribution in [0.2, 0.25) is 0 Å². The molecule has 35 heavy (non-hydrogen) atoms. The van der Waals surface area contributed by atoms with Crippen LogP contribution in [0.3, 0.4) is 0 Å². The minimum Gasteiger partial charge on any atom is -0.422 e. The zero-order valence-corrected chi connectivity index (χ0v) is 20.3. The molecular weight excluding hydrogens is 481 g/mol. The summed E-state index contributed by atoms with van der Waals surface area (Å²) >= 11 is 0. The van der Waals surface area contributed by atoms with Crippen molar-refractivity contribution in [1.82, 2.24) is 25.2 Å². The van der Waals surface area contributed by atoms with E-state index in [1.54, 1.807) is 52.1 Å². The summed E-state index contributed by atoms with van der Waals surface area (Å²) in [5, 5.41) is 11.2. The van der Waals surface area contributed by atoms with Gasteiger partial charge in [-0.05, 0) is 47.5 Å². The second-order valence-electron chi connectivity index (χ2n) is 8.29. The van der Waals surface area contributed by atoms with Crippen LogP contribution < -0.4 is 10.6 Å². The van der Waals surface area contributed by atoms with Crippen LogP contribution in [0.25, 0.3) is 22.6 Å². The Labute approximate surface area is 206 Å². The van der Waals surface area contributed by atoms with Gasteiger partial charge in [-0.1, -0.05) is 19.9 Å². The smallest absolute Gasteiger partial charge is 0.417 e. The Hall–Kier alpha value is -3.64. The number of rotatable bonds is 6. The van der Waals surface area contributed by atoms with Crippen LogP contribution in [0, 0.1) is 11.7 Å². The van der Waals surface area contributed by atoms with E-state index < -0.39 is 36.3 Å². The zero-order valence-electron chi connectivity index (χ0n) is 19.5. The van der Waals surface area contributed by atoms with E-state index in [2.05, 4.69) is 20.5 Å². The summed E-state index contributed by atoms with van der Waals surface area (Å²) in [6, 6.07) is 6.21. The summed E-state index contributed by atoms with van der Waals surface area (Å²) in [7, 11) is 1.69. The van der Waals surface area contributed by atoms with Crippen molar-refractivity contribution >= 4 is 30.2 Å². The number of halogens is 2. The van der Waals surface area contributed by atoms with Crippen molar-refractivity contribution < 1.29 is 23.5 Å². The molecule has 1 aliphatic heterocycles. The van der Waals surface area contributed by atoms with Crippen molar-refractivity contribution in [2.45, 2.75) is 39.1 Å². The average molecular weight is 506 g/mol. The lowest BCUT2D eigenvalue weighted by Crippen LogP contribution is -2.42. The fourth-order valence-corrected chi connectivity index (χ4v) is 3.49. The molecule has 2 N–H and O–H groups in total. The topological polar surface area (TPSA) is 138 Å². The highest BCUT2D eigenvalue weighted by Gasteiger charge is 2.43. The number of nitrogens with two attached hydrogens (primary N) is 1. The van der Waals surface area contributed by atoms with E-state index in [1.807, 2.05) is 0 Å². The van der Waals surface area contributed by atoms with Gasteiger partial charge in [-0.2, -0.15) is 0 Å². The lowest BCUT2D eigenvalue weighted by Gasteiger charge is -2.22. The number of nitrogens with zero attached hydrogens (tertiary/aromatic N) is 6. The van der Waals surface area contributed by atoms with Gasteiger partial charge in [-0.25, -0.2) is 13.9 Å². The van der Waals surface area contributed by atoms with E-state index in [-0.39, 0.29) is 24.0 Å². The summed E-state index contributed by atoms with van der Waals surface area (Å²) in [5.41, 5.74) is 7.44. The highest BCUT2D eigenvalue weighted by Crippen LogP contribution is 2.32. The number of pyridine rings is 1. The Balaban J connectivity index is 0.00000342. The quantitative estimate of drug-likeness (QED) is 0.501. The summed E-state index contributed by atoms with van der Waals surface area (Å²) in [4.78, 5) is 30.2. The number of tetrazole rings is 1. The van der Waals surface area contributed by atoms with E-state index in [0.29, 0.717) is 22.6 Å². The van der Waals surface area contributed by atoms with E-state index >= 15 is 4.39 Å². The molecule has 0 bridgehead atoms. The van der Waals surface area contributed by atoms with Gasteiger partial charge in [-0.3, -0.25) is 14.7 Å². The van der Waals surface area contributed by atoms with Crippen molar-refractivity contribution in [2.24, 2.45) is 18.7 Å². The third-order valence-corrected chi connectivity index (χ3v) is 5.59. The van der Waals surface area contributed by atoms with Gasteiger partial charge < -0.3 is 15.2 Å². The first-order valence-corrected chi connectivity index (χ1v) is 10.6. The molecule has 1 aromatic carbocycles. The van der Waals surface area contributed by atoms with Crippen LogP contribution in [0.5, 0.6) is 0 Å². The van der Waals surface area contributed by atoms with Crippen LogP contribution >= 0.6 is 12.4 Å². The molecule has 0 radical (unpaired) electrons. The summed E-state index contributed by atoms with van der Waals surface area (Å²) in [5.74, 6) is -0.891. The predicted octanol–water partition coefficient (Wildman–Crippen LogP) is 2.70. The standard InChI is InChI=1S/C22H24FN7O4.ClH/c1-11(2)18(24)20(31)33-21-12(3)30(22(32)34-21)14-6-7-15(16(23)9-14)13-5-8-17(25-10-13)19-26-27-28-29(19)4;/h5-12,18,21H,24H2,1-4H3;1H/t12-,18+,21?;/m1./s1. The fourth-order valence-electron chi connectivity index (χ4n) is 3.49. The minimum atomic E-state index is -1.15. The number of carbonyl (C=O) groups is 2. The van der Waals surface area contributed by atoms with Gasteiger partial charge in [0, 0.05) is 24.4 Å². The number of hydrogen-bond acceptors (Lipinski definition) is 9. The highest BCUT2D eigenvalue weighted by atomic mass is 35.5. The van der Waals surface area contributed by atoms with Gasteiger partial charge in [0.1, 0.15) is 23.6 Å². The molecule has 3 heterocycles. The molecule has 1 fully saturated rings. The number of benzene rings is 1. The lowest BCUT2D eigenvalue weighted by molar-refractivity contribution is -0.167. The normalized spacial score (nSPS) is 18.3. The monoisotopic (exact) mass is 505 g/mol. The SMILES string of the molecule is CC(C)[C@H](N)C(=O)OC1OC(=O)N(c2ccc(-c3ccc(-c4nnnn4C)nc3)c(F)c2)[C@@H]1C.Cl. The maximum atomic E-state index is 15.0. The van der Waals surface area contributed by atoms with Crippen LogP contribution in [0.4, 0.5) is 14.9 Å². The van der Waals surface area contributed by atoms with Gasteiger partial charge in [-0.15, -0.1) is 17.5 Å². The molecule has 4 rings (SSSR count). The second-order valence-corrected chi connectivity index (χ2v) is 8.29. The minimum absolute atomic E-state index is 0. The molecule has 1 unspecified atom stereocenters. The van der Waals surface area contributed by atoms with E-state index in [1.165, 1.54) is 21.8 Å². The molecule has 3 atom stereocenters. The third kappa shape index (κ3) is 5.08. The molecule has 0 spiro atoms. The molecule has 1 amide bonds. The molecule has 186 valence electrons. The fraction of sp³-hybridized carbons (Fsp3) is 0.364. The predicted molar refractivity (Wildman–Crippen MR) is 126 cm³/mol. The van der Waals surface area contributed by atoms with E-state index in [4.69, 9.17) is 15.2 Å². The Morgan fingerprint density at radius 1 is 1.26 bits per heavy atom. The number of ether oxygens (including phenoxy) is 2. The van der Waals surface area contributed by atoms with Crippen molar-refractivity contribution in [3.8, 4) is 22.6 Å². The molecule has 0 saturated carbocycles. The number of hydrogen-bond donors (Lipinski definition) is 1. The van der Waals surface area contributed by atoms with Crippen molar-refractivity contribution in [3.05, 3.63) is 42.3 Å². The average Bonchev–Trinajstić information content (AvgIpc) is 3.35. The van der Waals surface area contributed by atoms with Gasteiger partial charge in [0.15, 0.2) is 5.82 Å². The lowest BCUT2D eigenvalue weighted by atomic mass is 10.1. The zero-order chi connectivity index (χ0) is 24.6. The maximum absolute atomic E-state index is 15.0. The summed E-state index contributed by atoms with van der Waals surface area (Å²) in [6.45, 7) is 5.20. The molecule has 3 aromatic rings. The van der Waals surface area contributed by atoms with Crippen LogP contribution in [-0.2, 0) is 21.3 Å². The number of esters is 1. The Morgan fingerprint density at radius 3 is 2.57 bits per heavy atom. The number of carbonyl (C=O) groups excluding carboxylic acids is 2. The molecule has 0 aliphatic carbocycles.